The van der Waals surface area contributed by atoms with Gasteiger partial charge in [-0.2, -0.15) is 13.2 Å². The van der Waals surface area contributed by atoms with Crippen LogP contribution in [0.5, 0.6) is 0 Å². The fourth-order valence-electron chi connectivity index (χ4n) is 3.64. The number of hydrogen-bond donors (Lipinski definition) is 1. The van der Waals surface area contributed by atoms with E-state index in [2.05, 4.69) is 17.1 Å². The molecule has 0 aromatic rings. The van der Waals surface area contributed by atoms with Crippen molar-refractivity contribution in [1.82, 2.24) is 10.2 Å². The molecule has 1 saturated carbocycles. The molecular weight excluding hydrogens is 281 g/mol. The molecule has 1 N–H and O–H groups in total. The van der Waals surface area contributed by atoms with Crippen molar-refractivity contribution in [2.75, 3.05) is 32.8 Å². The van der Waals surface area contributed by atoms with Crippen molar-refractivity contribution >= 4 is 0 Å². The second-order valence-corrected chi connectivity index (χ2v) is 6.38. The average Bonchev–Trinajstić information content (AvgIpc) is 2.45. The number of ether oxygens (including phenoxy) is 1. The van der Waals surface area contributed by atoms with Gasteiger partial charge >= 0.3 is 6.18 Å². The van der Waals surface area contributed by atoms with Crippen molar-refractivity contribution in [3.05, 3.63) is 0 Å². The molecule has 0 aromatic heterocycles. The predicted molar refractivity (Wildman–Crippen MR) is 76.3 cm³/mol. The zero-order valence-electron chi connectivity index (χ0n) is 12.8. The molecule has 2 aliphatic rings. The Hall–Kier alpha value is -0.330. The van der Waals surface area contributed by atoms with Gasteiger partial charge in [0.25, 0.3) is 0 Å². The molecule has 1 saturated heterocycles. The summed E-state index contributed by atoms with van der Waals surface area (Å²) in [6.45, 7) is 3.67. The van der Waals surface area contributed by atoms with E-state index in [0.717, 1.165) is 32.4 Å². The normalized spacial score (nSPS) is 27.1. The van der Waals surface area contributed by atoms with Crippen LogP contribution in [0.2, 0.25) is 0 Å². The lowest BCUT2D eigenvalue weighted by Gasteiger charge is -2.52. The fraction of sp³-hybridized carbons (Fsp3) is 1.00. The van der Waals surface area contributed by atoms with E-state index in [1.807, 2.05) is 0 Å². The Bertz CT molecular complexity index is 317. The van der Waals surface area contributed by atoms with Crippen molar-refractivity contribution in [1.29, 1.82) is 0 Å². The number of hydrogen-bond acceptors (Lipinski definition) is 3. The maximum atomic E-state index is 12.1. The van der Waals surface area contributed by atoms with Gasteiger partial charge in [-0.25, -0.2) is 0 Å². The first-order chi connectivity index (χ1) is 9.95. The molecular formula is C15H27F3N2O. The highest BCUT2D eigenvalue weighted by atomic mass is 19.4. The van der Waals surface area contributed by atoms with Gasteiger partial charge in [-0.3, -0.25) is 4.90 Å². The molecule has 1 heterocycles. The number of nitrogens with one attached hydrogen (secondary N) is 1. The fourth-order valence-corrected chi connectivity index (χ4v) is 3.64. The van der Waals surface area contributed by atoms with E-state index in [4.69, 9.17) is 4.74 Å². The Morgan fingerprint density at radius 1 is 1.24 bits per heavy atom. The molecule has 1 aliphatic carbocycles. The van der Waals surface area contributed by atoms with Crippen LogP contribution in [0.25, 0.3) is 0 Å². The van der Waals surface area contributed by atoms with Crippen LogP contribution in [0.3, 0.4) is 0 Å². The van der Waals surface area contributed by atoms with Crippen LogP contribution in [0.15, 0.2) is 0 Å². The van der Waals surface area contributed by atoms with Gasteiger partial charge in [0.05, 0.1) is 6.61 Å². The number of rotatable bonds is 5. The van der Waals surface area contributed by atoms with Crippen LogP contribution in [0.1, 0.15) is 45.4 Å². The largest absolute Gasteiger partial charge is 0.411 e. The molecule has 0 bridgehead atoms. The molecule has 1 unspecified atom stereocenters. The summed E-state index contributed by atoms with van der Waals surface area (Å²) < 4.78 is 41.2. The first kappa shape index (κ1) is 17.0. The maximum Gasteiger partial charge on any atom is 0.411 e. The average molecular weight is 308 g/mol. The van der Waals surface area contributed by atoms with Crippen molar-refractivity contribution in [3.8, 4) is 0 Å². The second-order valence-electron chi connectivity index (χ2n) is 6.38. The molecule has 1 spiro atoms. The van der Waals surface area contributed by atoms with Crippen molar-refractivity contribution in [2.24, 2.45) is 0 Å². The van der Waals surface area contributed by atoms with E-state index < -0.39 is 12.8 Å². The van der Waals surface area contributed by atoms with Crippen LogP contribution in [0, 0.1) is 0 Å². The summed E-state index contributed by atoms with van der Waals surface area (Å²) in [5.41, 5.74) is 0.144. The summed E-state index contributed by atoms with van der Waals surface area (Å²) in [5, 5.41) is 3.61. The lowest BCUT2D eigenvalue weighted by molar-refractivity contribution is -0.176. The summed E-state index contributed by atoms with van der Waals surface area (Å²) in [5.74, 6) is 0. The highest BCUT2D eigenvalue weighted by molar-refractivity contribution is 5.00. The molecule has 124 valence electrons. The number of piperazine rings is 1. The smallest absolute Gasteiger partial charge is 0.371 e. The molecule has 1 atom stereocenters. The van der Waals surface area contributed by atoms with Gasteiger partial charge in [0, 0.05) is 31.2 Å². The summed E-state index contributed by atoms with van der Waals surface area (Å²) in [7, 11) is 0. The summed E-state index contributed by atoms with van der Waals surface area (Å²) in [6.07, 6.45) is 2.84. The third-order valence-electron chi connectivity index (χ3n) is 4.88. The van der Waals surface area contributed by atoms with Crippen LogP contribution in [-0.2, 0) is 4.74 Å². The second kappa shape index (κ2) is 7.29. The van der Waals surface area contributed by atoms with Crippen molar-refractivity contribution in [2.45, 2.75) is 63.2 Å². The van der Waals surface area contributed by atoms with E-state index in [1.165, 1.54) is 19.3 Å². The summed E-state index contributed by atoms with van der Waals surface area (Å²) in [6, 6.07) is 0.445. The Balaban J connectivity index is 1.87. The zero-order chi connectivity index (χ0) is 15.3. The molecule has 21 heavy (non-hydrogen) atoms. The Morgan fingerprint density at radius 2 is 1.95 bits per heavy atom. The minimum atomic E-state index is -4.22. The van der Waals surface area contributed by atoms with Gasteiger partial charge in [0.2, 0.25) is 0 Å². The molecule has 2 rings (SSSR count). The summed E-state index contributed by atoms with van der Waals surface area (Å²) in [4.78, 5) is 2.40. The number of nitrogens with zero attached hydrogens (tertiary/aromatic N) is 1. The molecule has 0 radical (unpaired) electrons. The van der Waals surface area contributed by atoms with Gasteiger partial charge in [-0.1, -0.05) is 26.2 Å². The third kappa shape index (κ3) is 4.83. The van der Waals surface area contributed by atoms with E-state index >= 15 is 0 Å². The summed E-state index contributed by atoms with van der Waals surface area (Å²) >= 11 is 0. The molecule has 6 heteroatoms. The zero-order valence-corrected chi connectivity index (χ0v) is 12.8. The number of alkyl halides is 3. The van der Waals surface area contributed by atoms with Gasteiger partial charge < -0.3 is 10.1 Å². The third-order valence-corrected chi connectivity index (χ3v) is 4.88. The lowest BCUT2D eigenvalue weighted by atomic mass is 9.78. The van der Waals surface area contributed by atoms with Crippen LogP contribution in [0.4, 0.5) is 13.2 Å². The van der Waals surface area contributed by atoms with Crippen LogP contribution >= 0.6 is 0 Å². The molecule has 3 nitrogen and oxygen atoms in total. The van der Waals surface area contributed by atoms with E-state index in [9.17, 15) is 13.2 Å². The number of halogens is 3. The van der Waals surface area contributed by atoms with E-state index in [-0.39, 0.29) is 12.1 Å². The minimum absolute atomic E-state index is 0.144. The highest BCUT2D eigenvalue weighted by Crippen LogP contribution is 2.35. The molecule has 2 fully saturated rings. The van der Waals surface area contributed by atoms with E-state index in [1.54, 1.807) is 0 Å². The topological polar surface area (TPSA) is 24.5 Å². The quantitative estimate of drug-likeness (QED) is 0.790. The monoisotopic (exact) mass is 308 g/mol. The van der Waals surface area contributed by atoms with Crippen LogP contribution in [-0.4, -0.2) is 55.5 Å². The first-order valence-electron chi connectivity index (χ1n) is 8.08. The SMILES string of the molecule is CCC1CN(CCOCC(F)(F)F)C2(CCCCC2)CN1. The van der Waals surface area contributed by atoms with Crippen molar-refractivity contribution in [3.63, 3.8) is 0 Å². The van der Waals surface area contributed by atoms with Crippen LogP contribution < -0.4 is 5.32 Å². The van der Waals surface area contributed by atoms with Gasteiger partial charge in [0.15, 0.2) is 0 Å². The Morgan fingerprint density at radius 3 is 2.57 bits per heavy atom. The van der Waals surface area contributed by atoms with Gasteiger partial charge in [-0.15, -0.1) is 0 Å². The molecule has 0 aromatic carbocycles. The Labute approximate surface area is 125 Å². The molecule has 0 amide bonds. The predicted octanol–water partition coefficient (Wildman–Crippen LogP) is 2.95. The van der Waals surface area contributed by atoms with Crippen molar-refractivity contribution < 1.29 is 17.9 Å². The van der Waals surface area contributed by atoms with E-state index in [0.29, 0.717) is 12.6 Å². The maximum absolute atomic E-state index is 12.1. The van der Waals surface area contributed by atoms with Gasteiger partial charge in [-0.05, 0) is 19.3 Å². The lowest BCUT2D eigenvalue weighted by Crippen LogP contribution is -2.65. The minimum Gasteiger partial charge on any atom is -0.371 e. The standard InChI is InChI=1S/C15H27F3N2O/c1-2-13-10-20(8-9-21-12-15(16,17)18)14(11-19-13)6-4-3-5-7-14/h13,19H,2-12H2,1H3. The van der Waals surface area contributed by atoms with Gasteiger partial charge in [0.1, 0.15) is 6.61 Å². The first-order valence-corrected chi connectivity index (χ1v) is 8.08. The molecule has 1 aliphatic heterocycles. The highest BCUT2D eigenvalue weighted by Gasteiger charge is 2.41. The Kier molecular flexibility index (Phi) is 5.91.